The number of rotatable bonds is 1. The van der Waals surface area contributed by atoms with Crippen LogP contribution in [-0.2, 0) is 5.88 Å². The van der Waals surface area contributed by atoms with Crippen molar-refractivity contribution >= 4 is 34.2 Å². The predicted molar refractivity (Wildman–Crippen MR) is 51.2 cm³/mol. The summed E-state index contributed by atoms with van der Waals surface area (Å²) in [4.78, 5) is 4.21. The third kappa shape index (κ3) is 2.09. The van der Waals surface area contributed by atoms with Gasteiger partial charge in [-0.2, -0.15) is 0 Å². The van der Waals surface area contributed by atoms with Crippen molar-refractivity contribution in [3.05, 3.63) is 27.1 Å². The molecule has 0 amide bonds. The molecule has 0 fully saturated rings. The molecule has 1 rings (SSSR count). The van der Waals surface area contributed by atoms with Crippen LogP contribution in [0.15, 0.2) is 12.1 Å². The highest BCUT2D eigenvalue weighted by Crippen LogP contribution is 2.08. The fourth-order valence-corrected chi connectivity index (χ4v) is 1.70. The minimum Gasteiger partial charge on any atom is -0.246 e. The topological polar surface area (TPSA) is 12.9 Å². The van der Waals surface area contributed by atoms with Crippen molar-refractivity contribution < 1.29 is 0 Å². The lowest BCUT2D eigenvalue weighted by molar-refractivity contribution is 1.12. The summed E-state index contributed by atoms with van der Waals surface area (Å²) in [6.45, 7) is 2.04. The van der Waals surface area contributed by atoms with Crippen molar-refractivity contribution in [3.8, 4) is 0 Å². The van der Waals surface area contributed by atoms with E-state index >= 15 is 0 Å². The molecule has 3 heteroatoms. The zero-order valence-electron chi connectivity index (χ0n) is 5.56. The molecule has 1 aromatic heterocycles. The first kappa shape index (κ1) is 8.27. The molecule has 1 nitrogen and oxygen atoms in total. The molecule has 0 aliphatic heterocycles. The Hall–Kier alpha value is 0.170. The van der Waals surface area contributed by atoms with Crippen LogP contribution in [0.2, 0.25) is 0 Å². The quantitative estimate of drug-likeness (QED) is 0.433. The number of hydrogen-bond donors (Lipinski definition) is 0. The second-order valence-electron chi connectivity index (χ2n) is 2.09. The molecule has 0 radical (unpaired) electrons. The number of hydrogen-bond acceptors (Lipinski definition) is 1. The summed E-state index contributed by atoms with van der Waals surface area (Å²) in [6.07, 6.45) is 0. The van der Waals surface area contributed by atoms with Crippen molar-refractivity contribution in [1.29, 1.82) is 0 Å². The molecule has 1 aromatic rings. The number of nitrogens with zero attached hydrogens (tertiary/aromatic N) is 1. The molecule has 0 saturated heterocycles. The zero-order chi connectivity index (χ0) is 7.56. The van der Waals surface area contributed by atoms with E-state index < -0.39 is 0 Å². The van der Waals surface area contributed by atoms with Gasteiger partial charge in [0.15, 0.2) is 0 Å². The lowest BCUT2D eigenvalue weighted by Gasteiger charge is -1.97. The standard InChI is InChI=1S/C7H7ClIN/c1-5-2-6(4-8)10-7(9)3-5/h2-3H,4H2,1H3. The van der Waals surface area contributed by atoms with E-state index in [9.17, 15) is 0 Å². The molecule has 10 heavy (non-hydrogen) atoms. The maximum atomic E-state index is 5.61. The number of pyridine rings is 1. The Morgan fingerprint density at radius 1 is 1.60 bits per heavy atom. The van der Waals surface area contributed by atoms with Gasteiger partial charge in [-0.25, -0.2) is 4.98 Å². The van der Waals surface area contributed by atoms with Crippen LogP contribution in [0.3, 0.4) is 0 Å². The minimum atomic E-state index is 0.498. The summed E-state index contributed by atoms with van der Waals surface area (Å²) in [5.74, 6) is 0.498. The van der Waals surface area contributed by atoms with Crippen molar-refractivity contribution in [2.24, 2.45) is 0 Å². The SMILES string of the molecule is Cc1cc(I)nc(CCl)c1. The molecule has 0 saturated carbocycles. The second-order valence-corrected chi connectivity index (χ2v) is 3.46. The second kappa shape index (κ2) is 3.53. The molecule has 54 valence electrons. The van der Waals surface area contributed by atoms with E-state index in [1.807, 2.05) is 19.1 Å². The fourth-order valence-electron chi connectivity index (χ4n) is 0.763. The molecule has 1 heterocycles. The fraction of sp³-hybridized carbons (Fsp3) is 0.286. The Morgan fingerprint density at radius 2 is 2.30 bits per heavy atom. The van der Waals surface area contributed by atoms with Gasteiger partial charge in [0.2, 0.25) is 0 Å². The first-order chi connectivity index (χ1) is 4.72. The van der Waals surface area contributed by atoms with Crippen LogP contribution in [0, 0.1) is 10.6 Å². The largest absolute Gasteiger partial charge is 0.246 e. The van der Waals surface area contributed by atoms with Crippen LogP contribution in [0.25, 0.3) is 0 Å². The van der Waals surface area contributed by atoms with Gasteiger partial charge in [-0.05, 0) is 47.2 Å². The smallest absolute Gasteiger partial charge is 0.101 e. The molecular weight excluding hydrogens is 260 g/mol. The van der Waals surface area contributed by atoms with Crippen LogP contribution < -0.4 is 0 Å². The first-order valence-corrected chi connectivity index (χ1v) is 4.52. The van der Waals surface area contributed by atoms with Crippen molar-refractivity contribution in [2.75, 3.05) is 0 Å². The van der Waals surface area contributed by atoms with E-state index in [0.29, 0.717) is 5.88 Å². The summed E-state index contributed by atoms with van der Waals surface area (Å²) in [7, 11) is 0. The van der Waals surface area contributed by atoms with E-state index in [1.54, 1.807) is 0 Å². The predicted octanol–water partition coefficient (Wildman–Crippen LogP) is 2.73. The molecule has 0 atom stereocenters. The van der Waals surface area contributed by atoms with Gasteiger partial charge in [-0.3, -0.25) is 0 Å². The molecule has 0 aliphatic carbocycles. The molecular formula is C7H7ClIN. The summed E-state index contributed by atoms with van der Waals surface area (Å²) < 4.78 is 1.01. The van der Waals surface area contributed by atoms with Gasteiger partial charge < -0.3 is 0 Å². The highest BCUT2D eigenvalue weighted by atomic mass is 127. The Morgan fingerprint density at radius 3 is 2.80 bits per heavy atom. The van der Waals surface area contributed by atoms with Crippen LogP contribution in [0.5, 0.6) is 0 Å². The molecule has 0 aliphatic rings. The van der Waals surface area contributed by atoms with Gasteiger partial charge in [-0.15, -0.1) is 11.6 Å². The monoisotopic (exact) mass is 267 g/mol. The van der Waals surface area contributed by atoms with Crippen LogP contribution in [-0.4, -0.2) is 4.98 Å². The van der Waals surface area contributed by atoms with Crippen LogP contribution in [0.1, 0.15) is 11.3 Å². The van der Waals surface area contributed by atoms with Gasteiger partial charge >= 0.3 is 0 Å². The Labute approximate surface area is 78.9 Å². The lowest BCUT2D eigenvalue weighted by Crippen LogP contribution is -1.89. The summed E-state index contributed by atoms with van der Waals surface area (Å²) in [5.41, 5.74) is 2.17. The number of aryl methyl sites for hydroxylation is 1. The summed E-state index contributed by atoms with van der Waals surface area (Å²) in [6, 6.07) is 4.02. The maximum Gasteiger partial charge on any atom is 0.101 e. The molecule has 0 spiro atoms. The Bertz CT molecular complexity index is 217. The average molecular weight is 267 g/mol. The van der Waals surface area contributed by atoms with Gasteiger partial charge in [-0.1, -0.05) is 0 Å². The van der Waals surface area contributed by atoms with Crippen molar-refractivity contribution in [1.82, 2.24) is 4.98 Å². The number of halogens is 2. The highest BCUT2D eigenvalue weighted by Gasteiger charge is 1.94. The minimum absolute atomic E-state index is 0.498. The van der Waals surface area contributed by atoms with E-state index in [-0.39, 0.29) is 0 Å². The van der Waals surface area contributed by atoms with Gasteiger partial charge in [0.05, 0.1) is 11.6 Å². The molecule has 0 bridgehead atoms. The van der Waals surface area contributed by atoms with Gasteiger partial charge in [0, 0.05) is 0 Å². The van der Waals surface area contributed by atoms with Gasteiger partial charge in [0.1, 0.15) is 3.70 Å². The molecule has 0 aromatic carbocycles. The summed E-state index contributed by atoms with van der Waals surface area (Å²) >= 11 is 7.79. The van der Waals surface area contributed by atoms with E-state index in [4.69, 9.17) is 11.6 Å². The molecule has 0 N–H and O–H groups in total. The van der Waals surface area contributed by atoms with Gasteiger partial charge in [0.25, 0.3) is 0 Å². The number of alkyl halides is 1. The lowest BCUT2D eigenvalue weighted by atomic mass is 10.3. The third-order valence-corrected chi connectivity index (χ3v) is 1.95. The normalized spacial score (nSPS) is 9.90. The maximum absolute atomic E-state index is 5.61. The summed E-state index contributed by atoms with van der Waals surface area (Å²) in [5, 5.41) is 0. The van der Waals surface area contributed by atoms with Crippen molar-refractivity contribution in [2.45, 2.75) is 12.8 Å². The Balaban J connectivity index is 3.06. The third-order valence-electron chi connectivity index (χ3n) is 1.13. The van der Waals surface area contributed by atoms with E-state index in [0.717, 1.165) is 9.39 Å². The van der Waals surface area contributed by atoms with Crippen LogP contribution in [0.4, 0.5) is 0 Å². The Kier molecular flexibility index (Phi) is 2.92. The average Bonchev–Trinajstić information content (AvgIpc) is 1.85. The van der Waals surface area contributed by atoms with Crippen LogP contribution >= 0.6 is 34.2 Å². The molecule has 0 unspecified atom stereocenters. The van der Waals surface area contributed by atoms with E-state index in [1.165, 1.54) is 5.56 Å². The van der Waals surface area contributed by atoms with E-state index in [2.05, 4.69) is 27.6 Å². The highest BCUT2D eigenvalue weighted by molar-refractivity contribution is 14.1. The first-order valence-electron chi connectivity index (χ1n) is 2.91. The van der Waals surface area contributed by atoms with Crippen molar-refractivity contribution in [3.63, 3.8) is 0 Å². The zero-order valence-corrected chi connectivity index (χ0v) is 8.48. The number of aromatic nitrogens is 1.